The molecular weight excluding hydrogens is 153 g/mol. The summed E-state index contributed by atoms with van der Waals surface area (Å²) in [5, 5.41) is 0.619. The van der Waals surface area contributed by atoms with E-state index < -0.39 is 0 Å². The van der Waals surface area contributed by atoms with Gasteiger partial charge >= 0.3 is 0 Å². The maximum absolute atomic E-state index is 11.6. The van der Waals surface area contributed by atoms with Crippen LogP contribution in [-0.2, 0) is 0 Å². The van der Waals surface area contributed by atoms with Crippen molar-refractivity contribution in [3.63, 3.8) is 0 Å². The highest BCUT2D eigenvalue weighted by Gasteiger charge is 1.95. The van der Waals surface area contributed by atoms with Crippen LogP contribution in [-0.4, -0.2) is 17.4 Å². The van der Waals surface area contributed by atoms with Gasteiger partial charge in [-0.25, -0.2) is 4.98 Å². The molecule has 0 fully saturated rings. The van der Waals surface area contributed by atoms with Crippen LogP contribution in [0.4, 0.5) is 4.39 Å². The Morgan fingerprint density at radius 1 is 1.70 bits per heavy atom. The summed E-state index contributed by atoms with van der Waals surface area (Å²) in [6.45, 7) is -0.270. The lowest BCUT2D eigenvalue weighted by atomic mass is 10.6. The number of halogens is 1. The van der Waals surface area contributed by atoms with Crippen LogP contribution < -0.4 is 0 Å². The minimum Gasteiger partial charge on any atom is -0.440 e. The first kappa shape index (κ1) is 7.60. The van der Waals surface area contributed by atoms with Crippen LogP contribution in [0.2, 0.25) is 0 Å². The van der Waals surface area contributed by atoms with Gasteiger partial charge in [0.25, 0.3) is 5.22 Å². The Balaban J connectivity index is 2.15. The van der Waals surface area contributed by atoms with Crippen LogP contribution in [0.5, 0.6) is 0 Å². The molecule has 0 aliphatic rings. The molecule has 0 spiro atoms. The third-order valence-electron chi connectivity index (χ3n) is 0.913. The largest absolute Gasteiger partial charge is 0.440 e. The van der Waals surface area contributed by atoms with Crippen molar-refractivity contribution in [1.82, 2.24) is 4.98 Å². The van der Waals surface area contributed by atoms with E-state index in [1.165, 1.54) is 18.0 Å². The molecule has 56 valence electrons. The Hall–Kier alpha value is -0.510. The summed E-state index contributed by atoms with van der Waals surface area (Å²) >= 11 is 1.43. The van der Waals surface area contributed by atoms with Crippen molar-refractivity contribution in [2.75, 3.05) is 12.4 Å². The van der Waals surface area contributed by atoms with Crippen molar-refractivity contribution in [3.8, 4) is 0 Å². The van der Waals surface area contributed by atoms with E-state index in [1.54, 1.807) is 6.20 Å². The molecule has 0 atom stereocenters. The second kappa shape index (κ2) is 4.33. The molecule has 0 radical (unpaired) electrons. The van der Waals surface area contributed by atoms with Gasteiger partial charge in [0.2, 0.25) is 0 Å². The van der Waals surface area contributed by atoms with Crippen LogP contribution in [0.15, 0.2) is 22.1 Å². The first-order valence-corrected chi connectivity index (χ1v) is 4.00. The van der Waals surface area contributed by atoms with Crippen molar-refractivity contribution in [2.24, 2.45) is 0 Å². The van der Waals surface area contributed by atoms with E-state index in [-0.39, 0.29) is 6.67 Å². The standard InChI is InChI=1S/C6H8FNOS/c7-2-1-5-10-6-8-3-4-9-6/h3-4H,1-2,5H2. The summed E-state index contributed by atoms with van der Waals surface area (Å²) in [5.41, 5.74) is 0. The summed E-state index contributed by atoms with van der Waals surface area (Å²) in [4.78, 5) is 3.86. The molecule has 0 aliphatic carbocycles. The van der Waals surface area contributed by atoms with Gasteiger partial charge in [0, 0.05) is 5.75 Å². The lowest BCUT2D eigenvalue weighted by Gasteiger charge is -1.90. The SMILES string of the molecule is FCCCSc1ncco1. The number of thioether (sulfide) groups is 1. The van der Waals surface area contributed by atoms with Crippen molar-refractivity contribution >= 4 is 11.8 Å². The molecule has 0 aliphatic heterocycles. The quantitative estimate of drug-likeness (QED) is 0.499. The Morgan fingerprint density at radius 3 is 3.20 bits per heavy atom. The smallest absolute Gasteiger partial charge is 0.255 e. The van der Waals surface area contributed by atoms with Gasteiger partial charge in [-0.1, -0.05) is 11.8 Å². The molecule has 0 saturated heterocycles. The van der Waals surface area contributed by atoms with Gasteiger partial charge in [0.1, 0.15) is 6.26 Å². The molecule has 10 heavy (non-hydrogen) atoms. The molecule has 4 heteroatoms. The maximum atomic E-state index is 11.6. The molecule has 1 aromatic heterocycles. The van der Waals surface area contributed by atoms with Gasteiger partial charge in [-0.3, -0.25) is 4.39 Å². The van der Waals surface area contributed by atoms with Gasteiger partial charge in [-0.2, -0.15) is 0 Å². The Bertz CT molecular complexity index is 166. The highest BCUT2D eigenvalue weighted by Crippen LogP contribution is 2.15. The highest BCUT2D eigenvalue weighted by molar-refractivity contribution is 7.99. The molecule has 2 nitrogen and oxygen atoms in total. The monoisotopic (exact) mass is 161 g/mol. The van der Waals surface area contributed by atoms with E-state index >= 15 is 0 Å². The lowest BCUT2D eigenvalue weighted by molar-refractivity contribution is 0.452. The minimum atomic E-state index is -0.270. The van der Waals surface area contributed by atoms with Crippen LogP contribution in [0.1, 0.15) is 6.42 Å². The zero-order valence-electron chi connectivity index (χ0n) is 5.42. The molecule has 1 heterocycles. The first-order chi connectivity index (χ1) is 4.93. The molecule has 0 aromatic carbocycles. The predicted molar refractivity (Wildman–Crippen MR) is 37.8 cm³/mol. The summed E-state index contributed by atoms with van der Waals surface area (Å²) < 4.78 is 16.5. The number of oxazole rings is 1. The summed E-state index contributed by atoms with van der Waals surface area (Å²) in [6, 6.07) is 0. The molecular formula is C6H8FNOS. The van der Waals surface area contributed by atoms with Gasteiger partial charge in [0.05, 0.1) is 12.9 Å². The van der Waals surface area contributed by atoms with Gasteiger partial charge in [0.15, 0.2) is 0 Å². The Morgan fingerprint density at radius 2 is 2.60 bits per heavy atom. The van der Waals surface area contributed by atoms with Gasteiger partial charge in [-0.15, -0.1) is 0 Å². The summed E-state index contributed by atoms with van der Waals surface area (Å²) in [6.07, 6.45) is 3.66. The fourth-order valence-corrected chi connectivity index (χ4v) is 1.18. The Kier molecular flexibility index (Phi) is 3.29. The third kappa shape index (κ3) is 2.39. The molecule has 0 N–H and O–H groups in total. The van der Waals surface area contributed by atoms with Crippen molar-refractivity contribution in [2.45, 2.75) is 11.6 Å². The van der Waals surface area contributed by atoms with Gasteiger partial charge in [-0.05, 0) is 6.42 Å². The van der Waals surface area contributed by atoms with E-state index in [2.05, 4.69) is 4.98 Å². The van der Waals surface area contributed by atoms with Crippen LogP contribution >= 0.6 is 11.8 Å². The summed E-state index contributed by atoms with van der Waals surface area (Å²) in [5.74, 6) is 0.733. The number of aromatic nitrogens is 1. The van der Waals surface area contributed by atoms with Crippen LogP contribution in [0.3, 0.4) is 0 Å². The molecule has 1 rings (SSSR count). The van der Waals surface area contributed by atoms with E-state index in [4.69, 9.17) is 4.42 Å². The highest BCUT2D eigenvalue weighted by atomic mass is 32.2. The van der Waals surface area contributed by atoms with E-state index in [1.807, 2.05) is 0 Å². The fraction of sp³-hybridized carbons (Fsp3) is 0.500. The zero-order chi connectivity index (χ0) is 7.23. The Labute approximate surface area is 62.8 Å². The lowest BCUT2D eigenvalue weighted by Crippen LogP contribution is -1.80. The molecule has 0 unspecified atom stereocenters. The fourth-order valence-electron chi connectivity index (χ4n) is 0.496. The number of hydrogen-bond acceptors (Lipinski definition) is 3. The van der Waals surface area contributed by atoms with E-state index in [9.17, 15) is 4.39 Å². The maximum Gasteiger partial charge on any atom is 0.255 e. The van der Waals surface area contributed by atoms with Crippen molar-refractivity contribution in [1.29, 1.82) is 0 Å². The van der Waals surface area contributed by atoms with Crippen LogP contribution in [0, 0.1) is 0 Å². The number of rotatable bonds is 4. The second-order valence-corrected chi connectivity index (χ2v) is 2.74. The van der Waals surface area contributed by atoms with E-state index in [0.717, 1.165) is 5.75 Å². The van der Waals surface area contributed by atoms with Crippen molar-refractivity contribution < 1.29 is 8.81 Å². The number of alkyl halides is 1. The topological polar surface area (TPSA) is 26.0 Å². The molecule has 1 aromatic rings. The molecule has 0 amide bonds. The minimum absolute atomic E-state index is 0.270. The normalized spacial score (nSPS) is 10.1. The van der Waals surface area contributed by atoms with Crippen LogP contribution in [0.25, 0.3) is 0 Å². The molecule has 0 saturated carbocycles. The van der Waals surface area contributed by atoms with Gasteiger partial charge < -0.3 is 4.42 Å². The zero-order valence-corrected chi connectivity index (χ0v) is 6.23. The molecule has 0 bridgehead atoms. The predicted octanol–water partition coefficient (Wildman–Crippen LogP) is 2.13. The van der Waals surface area contributed by atoms with E-state index in [0.29, 0.717) is 11.6 Å². The average Bonchev–Trinajstić information content (AvgIpc) is 2.41. The first-order valence-electron chi connectivity index (χ1n) is 3.02. The second-order valence-electron chi connectivity index (χ2n) is 1.69. The third-order valence-corrected chi connectivity index (χ3v) is 1.85. The van der Waals surface area contributed by atoms with Crippen molar-refractivity contribution in [3.05, 3.63) is 12.5 Å². The number of hydrogen-bond donors (Lipinski definition) is 0. The average molecular weight is 161 g/mol. The summed E-state index contributed by atoms with van der Waals surface area (Å²) in [7, 11) is 0. The number of nitrogens with zero attached hydrogens (tertiary/aromatic N) is 1.